The lowest BCUT2D eigenvalue weighted by Crippen LogP contribution is -2.13. The summed E-state index contributed by atoms with van der Waals surface area (Å²) in [6, 6.07) is 6.82. The van der Waals surface area contributed by atoms with Crippen molar-refractivity contribution in [1.29, 1.82) is 0 Å². The maximum Gasteiger partial charge on any atom is 0.131 e. The summed E-state index contributed by atoms with van der Waals surface area (Å²) in [5, 5.41) is 1.94. The first-order valence-corrected chi connectivity index (χ1v) is 6.52. The number of thiophene rings is 1. The van der Waals surface area contributed by atoms with Gasteiger partial charge in [0.25, 0.3) is 0 Å². The number of rotatable bonds is 2. The van der Waals surface area contributed by atoms with Gasteiger partial charge in [-0.15, -0.1) is 11.3 Å². The van der Waals surface area contributed by atoms with Crippen LogP contribution in [0.15, 0.2) is 34.1 Å². The molecule has 0 fully saturated rings. The highest BCUT2D eigenvalue weighted by molar-refractivity contribution is 9.10. The first-order chi connectivity index (χ1) is 7.61. The third-order valence-electron chi connectivity index (χ3n) is 2.48. The van der Waals surface area contributed by atoms with Gasteiger partial charge >= 0.3 is 0 Å². The summed E-state index contributed by atoms with van der Waals surface area (Å²) in [6.45, 7) is 1.75. The molecular weight excluding hydrogens is 289 g/mol. The molecule has 2 aromatic rings. The fourth-order valence-electron chi connectivity index (χ4n) is 1.58. The minimum absolute atomic E-state index is 0.213. The highest BCUT2D eigenvalue weighted by Crippen LogP contribution is 2.32. The van der Waals surface area contributed by atoms with Crippen LogP contribution in [0.4, 0.5) is 4.39 Å². The van der Waals surface area contributed by atoms with E-state index >= 15 is 0 Å². The quantitative estimate of drug-likeness (QED) is 0.891. The number of nitrogens with two attached hydrogens (primary N) is 1. The fraction of sp³-hybridized carbons (Fsp3) is 0.167. The number of hydrogen-bond donors (Lipinski definition) is 1. The van der Waals surface area contributed by atoms with Crippen LogP contribution >= 0.6 is 27.3 Å². The molecule has 1 aromatic carbocycles. The van der Waals surface area contributed by atoms with Gasteiger partial charge in [-0.25, -0.2) is 4.39 Å². The molecule has 0 amide bonds. The Balaban J connectivity index is 2.46. The van der Waals surface area contributed by atoms with Gasteiger partial charge in [-0.3, -0.25) is 0 Å². The van der Waals surface area contributed by atoms with Crippen molar-refractivity contribution < 1.29 is 4.39 Å². The molecule has 0 radical (unpaired) electrons. The van der Waals surface area contributed by atoms with Crippen molar-refractivity contribution in [2.75, 3.05) is 0 Å². The Morgan fingerprint density at radius 3 is 2.75 bits per heavy atom. The standard InChI is InChI=1S/C12H11BrFNS/c1-7-3-2-4-8(10(7)14)11(15)12-9(13)5-6-16-12/h2-6,11H,15H2,1H3. The van der Waals surface area contributed by atoms with Crippen LogP contribution in [-0.2, 0) is 0 Å². The maximum atomic E-state index is 13.9. The lowest BCUT2D eigenvalue weighted by molar-refractivity contribution is 0.592. The predicted molar refractivity (Wildman–Crippen MR) is 69.2 cm³/mol. The van der Waals surface area contributed by atoms with Gasteiger partial charge in [-0.1, -0.05) is 18.2 Å². The van der Waals surface area contributed by atoms with Crippen molar-refractivity contribution in [2.45, 2.75) is 13.0 Å². The van der Waals surface area contributed by atoms with Gasteiger partial charge in [-0.05, 0) is 39.9 Å². The summed E-state index contributed by atoms with van der Waals surface area (Å²) in [6.07, 6.45) is 0. The van der Waals surface area contributed by atoms with E-state index in [-0.39, 0.29) is 5.82 Å². The van der Waals surface area contributed by atoms with E-state index in [4.69, 9.17) is 5.73 Å². The summed E-state index contributed by atoms with van der Waals surface area (Å²) < 4.78 is 14.8. The topological polar surface area (TPSA) is 26.0 Å². The van der Waals surface area contributed by atoms with E-state index in [0.717, 1.165) is 9.35 Å². The van der Waals surface area contributed by atoms with Gasteiger partial charge < -0.3 is 5.73 Å². The Labute approximate surface area is 106 Å². The van der Waals surface area contributed by atoms with Crippen LogP contribution in [0.1, 0.15) is 22.0 Å². The van der Waals surface area contributed by atoms with Crippen LogP contribution in [-0.4, -0.2) is 0 Å². The van der Waals surface area contributed by atoms with E-state index in [2.05, 4.69) is 15.9 Å². The number of aryl methyl sites for hydroxylation is 1. The summed E-state index contributed by atoms with van der Waals surface area (Å²) >= 11 is 4.94. The molecule has 2 N–H and O–H groups in total. The zero-order chi connectivity index (χ0) is 11.7. The second-order valence-electron chi connectivity index (χ2n) is 3.59. The van der Waals surface area contributed by atoms with Crippen molar-refractivity contribution in [3.05, 3.63) is 55.9 Å². The van der Waals surface area contributed by atoms with Crippen molar-refractivity contribution >= 4 is 27.3 Å². The molecule has 0 aliphatic heterocycles. The van der Waals surface area contributed by atoms with Gasteiger partial charge in [0.2, 0.25) is 0 Å². The Morgan fingerprint density at radius 1 is 1.38 bits per heavy atom. The lowest BCUT2D eigenvalue weighted by atomic mass is 10.0. The highest BCUT2D eigenvalue weighted by atomic mass is 79.9. The van der Waals surface area contributed by atoms with Gasteiger partial charge in [0.1, 0.15) is 5.82 Å². The third-order valence-corrected chi connectivity index (χ3v) is 4.44. The minimum atomic E-state index is -0.408. The molecule has 84 valence electrons. The molecule has 0 aliphatic carbocycles. The molecule has 0 spiro atoms. The van der Waals surface area contributed by atoms with Crippen LogP contribution < -0.4 is 5.73 Å². The SMILES string of the molecule is Cc1cccc(C(N)c2sccc2Br)c1F. The summed E-state index contributed by atoms with van der Waals surface area (Å²) in [4.78, 5) is 0.949. The van der Waals surface area contributed by atoms with Gasteiger partial charge in [0.05, 0.1) is 6.04 Å². The number of halogens is 2. The Morgan fingerprint density at radius 2 is 2.12 bits per heavy atom. The van der Waals surface area contributed by atoms with E-state index in [1.807, 2.05) is 17.5 Å². The molecule has 1 atom stereocenters. The second-order valence-corrected chi connectivity index (χ2v) is 5.39. The van der Waals surface area contributed by atoms with E-state index < -0.39 is 6.04 Å². The predicted octanol–water partition coefficient (Wildman–Crippen LogP) is 4.01. The Hall–Kier alpha value is -0.710. The summed E-state index contributed by atoms with van der Waals surface area (Å²) in [5.41, 5.74) is 7.24. The zero-order valence-electron chi connectivity index (χ0n) is 8.71. The Bertz CT molecular complexity index is 509. The van der Waals surface area contributed by atoms with E-state index in [9.17, 15) is 4.39 Å². The average Bonchev–Trinajstić information content (AvgIpc) is 2.68. The van der Waals surface area contributed by atoms with Crippen LogP contribution in [0.3, 0.4) is 0 Å². The van der Waals surface area contributed by atoms with Crippen LogP contribution in [0, 0.1) is 12.7 Å². The Kier molecular flexibility index (Phi) is 3.42. The van der Waals surface area contributed by atoms with E-state index in [0.29, 0.717) is 11.1 Å². The molecule has 16 heavy (non-hydrogen) atoms. The monoisotopic (exact) mass is 299 g/mol. The molecule has 1 unspecified atom stereocenters. The molecule has 1 nitrogen and oxygen atoms in total. The van der Waals surface area contributed by atoms with Gasteiger partial charge in [0, 0.05) is 14.9 Å². The van der Waals surface area contributed by atoms with E-state index in [1.165, 1.54) is 11.3 Å². The van der Waals surface area contributed by atoms with Crippen LogP contribution in [0.5, 0.6) is 0 Å². The summed E-state index contributed by atoms with van der Waals surface area (Å²) in [5.74, 6) is -0.213. The van der Waals surface area contributed by atoms with Crippen molar-refractivity contribution in [1.82, 2.24) is 0 Å². The first kappa shape index (κ1) is 11.8. The van der Waals surface area contributed by atoms with Crippen molar-refractivity contribution in [2.24, 2.45) is 5.73 Å². The van der Waals surface area contributed by atoms with Gasteiger partial charge in [0.15, 0.2) is 0 Å². The third kappa shape index (κ3) is 2.05. The lowest BCUT2D eigenvalue weighted by Gasteiger charge is -2.13. The minimum Gasteiger partial charge on any atom is -0.319 e. The number of benzene rings is 1. The van der Waals surface area contributed by atoms with Gasteiger partial charge in [-0.2, -0.15) is 0 Å². The average molecular weight is 300 g/mol. The van der Waals surface area contributed by atoms with E-state index in [1.54, 1.807) is 19.1 Å². The zero-order valence-corrected chi connectivity index (χ0v) is 11.1. The molecule has 1 aromatic heterocycles. The molecule has 0 aliphatic rings. The fourth-order valence-corrected chi connectivity index (χ4v) is 3.22. The molecule has 1 heterocycles. The molecule has 2 rings (SSSR count). The molecular formula is C12H11BrFNS. The highest BCUT2D eigenvalue weighted by Gasteiger charge is 2.17. The molecule has 4 heteroatoms. The largest absolute Gasteiger partial charge is 0.319 e. The molecule has 0 bridgehead atoms. The molecule has 0 saturated heterocycles. The molecule has 0 saturated carbocycles. The van der Waals surface area contributed by atoms with Crippen LogP contribution in [0.25, 0.3) is 0 Å². The first-order valence-electron chi connectivity index (χ1n) is 4.84. The smallest absolute Gasteiger partial charge is 0.131 e. The number of hydrogen-bond acceptors (Lipinski definition) is 2. The second kappa shape index (κ2) is 4.65. The van der Waals surface area contributed by atoms with Crippen molar-refractivity contribution in [3.63, 3.8) is 0 Å². The van der Waals surface area contributed by atoms with Crippen molar-refractivity contribution in [3.8, 4) is 0 Å². The summed E-state index contributed by atoms with van der Waals surface area (Å²) in [7, 11) is 0. The maximum absolute atomic E-state index is 13.9. The van der Waals surface area contributed by atoms with Crippen LogP contribution in [0.2, 0.25) is 0 Å². The normalized spacial score (nSPS) is 12.8.